The van der Waals surface area contributed by atoms with Crippen LogP contribution in [0.4, 0.5) is 5.69 Å². The maximum atomic E-state index is 12.1. The van der Waals surface area contributed by atoms with Crippen LogP contribution in [0.15, 0.2) is 30.5 Å². The first-order valence-corrected chi connectivity index (χ1v) is 6.15. The highest BCUT2D eigenvalue weighted by Crippen LogP contribution is 2.23. The minimum absolute atomic E-state index is 0.189. The molecular formula is C14H18N4O. The number of hydrogen-bond acceptors (Lipinski definition) is 4. The molecule has 1 aromatic heterocycles. The van der Waals surface area contributed by atoms with E-state index in [9.17, 15) is 4.79 Å². The Morgan fingerprint density at radius 2 is 2.16 bits per heavy atom. The molecule has 5 heteroatoms. The molecule has 0 atom stereocenters. The molecule has 0 bridgehead atoms. The van der Waals surface area contributed by atoms with Crippen molar-refractivity contribution < 1.29 is 4.79 Å². The molecule has 0 saturated heterocycles. The van der Waals surface area contributed by atoms with Gasteiger partial charge >= 0.3 is 0 Å². The molecule has 1 aromatic carbocycles. The van der Waals surface area contributed by atoms with E-state index in [0.717, 1.165) is 11.9 Å². The molecule has 2 rings (SSSR count). The molecular weight excluding hydrogens is 240 g/mol. The second-order valence-electron chi connectivity index (χ2n) is 4.66. The van der Waals surface area contributed by atoms with Crippen molar-refractivity contribution in [2.75, 3.05) is 32.9 Å². The minimum atomic E-state index is -0.189. The molecule has 0 aliphatic heterocycles. The van der Waals surface area contributed by atoms with Crippen LogP contribution in [0, 0.1) is 0 Å². The largest absolute Gasteiger partial charge is 0.398 e. The third kappa shape index (κ3) is 3.00. The van der Waals surface area contributed by atoms with E-state index >= 15 is 0 Å². The number of likely N-dealkylation sites (N-methyl/N-ethyl adjacent to an activating group) is 1. The number of fused-ring (bicyclic) bond motifs is 1. The van der Waals surface area contributed by atoms with Gasteiger partial charge in [0.2, 0.25) is 0 Å². The normalized spacial score (nSPS) is 10.9. The fraction of sp³-hybridized carbons (Fsp3) is 0.286. The van der Waals surface area contributed by atoms with Crippen molar-refractivity contribution in [2.24, 2.45) is 0 Å². The Kier molecular flexibility index (Phi) is 3.97. The number of nitrogens with two attached hydrogens (primary N) is 1. The van der Waals surface area contributed by atoms with E-state index in [0.29, 0.717) is 23.3 Å². The maximum absolute atomic E-state index is 12.1. The summed E-state index contributed by atoms with van der Waals surface area (Å²) >= 11 is 0. The van der Waals surface area contributed by atoms with Gasteiger partial charge in [0.1, 0.15) is 5.69 Å². The number of amides is 1. The van der Waals surface area contributed by atoms with E-state index in [-0.39, 0.29) is 5.91 Å². The SMILES string of the molecule is CN(C)CCNC(=O)c1nccc2cccc(N)c12. The van der Waals surface area contributed by atoms with E-state index in [1.54, 1.807) is 12.3 Å². The molecule has 3 N–H and O–H groups in total. The van der Waals surface area contributed by atoms with Crippen LogP contribution in [0.5, 0.6) is 0 Å². The van der Waals surface area contributed by atoms with Crippen molar-refractivity contribution in [2.45, 2.75) is 0 Å². The molecule has 100 valence electrons. The topological polar surface area (TPSA) is 71.2 Å². The zero-order valence-corrected chi connectivity index (χ0v) is 11.2. The van der Waals surface area contributed by atoms with Crippen LogP contribution >= 0.6 is 0 Å². The summed E-state index contributed by atoms with van der Waals surface area (Å²) in [7, 11) is 3.92. The number of rotatable bonds is 4. The van der Waals surface area contributed by atoms with Crippen LogP contribution in [0.2, 0.25) is 0 Å². The molecule has 19 heavy (non-hydrogen) atoms. The zero-order chi connectivity index (χ0) is 13.8. The molecule has 0 aliphatic carbocycles. The minimum Gasteiger partial charge on any atom is -0.398 e. The summed E-state index contributed by atoms with van der Waals surface area (Å²) in [6, 6.07) is 7.41. The first-order chi connectivity index (χ1) is 9.09. The monoisotopic (exact) mass is 258 g/mol. The van der Waals surface area contributed by atoms with Gasteiger partial charge in [-0.2, -0.15) is 0 Å². The summed E-state index contributed by atoms with van der Waals surface area (Å²) in [5.74, 6) is -0.189. The molecule has 0 unspecified atom stereocenters. The number of benzene rings is 1. The predicted octanol–water partition coefficient (Wildman–Crippen LogP) is 1.11. The highest BCUT2D eigenvalue weighted by molar-refractivity contribution is 6.09. The van der Waals surface area contributed by atoms with Gasteiger partial charge in [-0.25, -0.2) is 0 Å². The van der Waals surface area contributed by atoms with Crippen LogP contribution in [-0.2, 0) is 0 Å². The van der Waals surface area contributed by atoms with Crippen LogP contribution in [0.3, 0.4) is 0 Å². The average molecular weight is 258 g/mol. The lowest BCUT2D eigenvalue weighted by Gasteiger charge is -2.11. The predicted molar refractivity (Wildman–Crippen MR) is 77.0 cm³/mol. The van der Waals surface area contributed by atoms with E-state index < -0.39 is 0 Å². The van der Waals surface area contributed by atoms with Crippen LogP contribution in [0.1, 0.15) is 10.5 Å². The van der Waals surface area contributed by atoms with E-state index in [4.69, 9.17) is 5.73 Å². The standard InChI is InChI=1S/C14H18N4O/c1-18(2)9-8-17-14(19)13-12-10(6-7-16-13)4-3-5-11(12)15/h3-7H,8-9,15H2,1-2H3,(H,17,19). The zero-order valence-electron chi connectivity index (χ0n) is 11.2. The number of carbonyl (C=O) groups is 1. The van der Waals surface area contributed by atoms with Crippen molar-refractivity contribution in [1.29, 1.82) is 0 Å². The van der Waals surface area contributed by atoms with Gasteiger partial charge in [0.15, 0.2) is 0 Å². The highest BCUT2D eigenvalue weighted by Gasteiger charge is 2.13. The number of carbonyl (C=O) groups excluding carboxylic acids is 1. The number of pyridine rings is 1. The van der Waals surface area contributed by atoms with Crippen LogP contribution in [-0.4, -0.2) is 43.0 Å². The quantitative estimate of drug-likeness (QED) is 0.806. The van der Waals surface area contributed by atoms with Gasteiger partial charge in [0, 0.05) is 30.4 Å². The number of nitrogens with one attached hydrogen (secondary N) is 1. The summed E-state index contributed by atoms with van der Waals surface area (Å²) in [5.41, 5.74) is 6.90. The second-order valence-corrected chi connectivity index (χ2v) is 4.66. The van der Waals surface area contributed by atoms with E-state index in [2.05, 4.69) is 10.3 Å². The Balaban J connectivity index is 2.27. The number of anilines is 1. The van der Waals surface area contributed by atoms with Gasteiger partial charge in [-0.15, -0.1) is 0 Å². The molecule has 0 fully saturated rings. The van der Waals surface area contributed by atoms with Crippen molar-refractivity contribution in [1.82, 2.24) is 15.2 Å². The van der Waals surface area contributed by atoms with Crippen molar-refractivity contribution in [3.63, 3.8) is 0 Å². The lowest BCUT2D eigenvalue weighted by molar-refractivity contribution is 0.0948. The lowest BCUT2D eigenvalue weighted by atomic mass is 10.1. The smallest absolute Gasteiger partial charge is 0.270 e. The van der Waals surface area contributed by atoms with Gasteiger partial charge < -0.3 is 16.0 Å². The Morgan fingerprint density at radius 3 is 2.89 bits per heavy atom. The van der Waals surface area contributed by atoms with Gasteiger partial charge in [0.25, 0.3) is 5.91 Å². The molecule has 1 heterocycles. The maximum Gasteiger partial charge on any atom is 0.270 e. The summed E-state index contributed by atoms with van der Waals surface area (Å²) in [6.45, 7) is 1.36. The number of hydrogen-bond donors (Lipinski definition) is 2. The fourth-order valence-corrected chi connectivity index (χ4v) is 1.91. The third-order valence-corrected chi connectivity index (χ3v) is 2.88. The van der Waals surface area contributed by atoms with Gasteiger partial charge in [-0.3, -0.25) is 9.78 Å². The Morgan fingerprint density at radius 1 is 1.37 bits per heavy atom. The Labute approximate surface area is 112 Å². The lowest BCUT2D eigenvalue weighted by Crippen LogP contribution is -2.32. The summed E-state index contributed by atoms with van der Waals surface area (Å²) in [5, 5.41) is 4.49. The van der Waals surface area contributed by atoms with Crippen molar-refractivity contribution >= 4 is 22.4 Å². The molecule has 0 radical (unpaired) electrons. The first kappa shape index (κ1) is 13.3. The van der Waals surface area contributed by atoms with E-state index in [1.807, 2.05) is 37.2 Å². The van der Waals surface area contributed by atoms with Crippen LogP contribution in [0.25, 0.3) is 10.8 Å². The number of nitrogens with zero attached hydrogens (tertiary/aromatic N) is 2. The summed E-state index contributed by atoms with van der Waals surface area (Å²) < 4.78 is 0. The van der Waals surface area contributed by atoms with Gasteiger partial charge in [0.05, 0.1) is 0 Å². The van der Waals surface area contributed by atoms with Crippen LogP contribution < -0.4 is 11.1 Å². The first-order valence-electron chi connectivity index (χ1n) is 6.15. The fourth-order valence-electron chi connectivity index (χ4n) is 1.91. The Hall–Kier alpha value is -2.14. The van der Waals surface area contributed by atoms with Crippen molar-refractivity contribution in [3.05, 3.63) is 36.2 Å². The Bertz CT molecular complexity index is 590. The summed E-state index contributed by atoms with van der Waals surface area (Å²) in [4.78, 5) is 18.3. The summed E-state index contributed by atoms with van der Waals surface area (Å²) in [6.07, 6.45) is 1.63. The molecule has 0 aliphatic rings. The molecule has 5 nitrogen and oxygen atoms in total. The van der Waals surface area contributed by atoms with Crippen molar-refractivity contribution in [3.8, 4) is 0 Å². The van der Waals surface area contributed by atoms with E-state index in [1.165, 1.54) is 0 Å². The molecule has 0 spiro atoms. The third-order valence-electron chi connectivity index (χ3n) is 2.88. The number of aromatic nitrogens is 1. The second kappa shape index (κ2) is 5.67. The van der Waals surface area contributed by atoms with Gasteiger partial charge in [-0.05, 0) is 31.6 Å². The molecule has 2 aromatic rings. The van der Waals surface area contributed by atoms with Gasteiger partial charge in [-0.1, -0.05) is 12.1 Å². The molecule has 1 amide bonds. The highest BCUT2D eigenvalue weighted by atomic mass is 16.1. The average Bonchev–Trinajstić information content (AvgIpc) is 2.38. The number of nitrogen functional groups attached to an aromatic ring is 1. The molecule has 0 saturated carbocycles.